The molecule has 1 aromatic rings. The number of anilines is 2. The first-order chi connectivity index (χ1) is 6.75. The van der Waals surface area contributed by atoms with Gasteiger partial charge in [0.25, 0.3) is 0 Å². The van der Waals surface area contributed by atoms with Gasteiger partial charge in [-0.3, -0.25) is 5.01 Å². The molecule has 14 heavy (non-hydrogen) atoms. The minimum Gasteiger partial charge on any atom is -0.399 e. The van der Waals surface area contributed by atoms with E-state index in [0.29, 0.717) is 0 Å². The molecule has 0 unspecified atom stereocenters. The van der Waals surface area contributed by atoms with Crippen LogP contribution in [0.2, 0.25) is 0 Å². The lowest BCUT2D eigenvalue weighted by atomic mass is 10.2. The van der Waals surface area contributed by atoms with E-state index in [1.165, 1.54) is 0 Å². The summed E-state index contributed by atoms with van der Waals surface area (Å²) in [6.07, 6.45) is 1.84. The summed E-state index contributed by atoms with van der Waals surface area (Å²) in [7, 11) is 1.97. The summed E-state index contributed by atoms with van der Waals surface area (Å²) in [4.78, 5) is 2.11. The number of benzene rings is 1. The van der Waals surface area contributed by atoms with Crippen LogP contribution in [0.25, 0.3) is 0 Å². The molecule has 2 rings (SSSR count). The monoisotopic (exact) mass is 190 g/mol. The van der Waals surface area contributed by atoms with E-state index < -0.39 is 0 Å². The lowest BCUT2D eigenvalue weighted by Crippen LogP contribution is -2.35. The number of hydrazone groups is 1. The maximum absolute atomic E-state index is 5.62. The van der Waals surface area contributed by atoms with Crippen LogP contribution in [0.15, 0.2) is 29.4 Å². The fraction of sp³-hybridized carbons (Fsp3) is 0.300. The van der Waals surface area contributed by atoms with Crippen molar-refractivity contribution in [2.45, 2.75) is 0 Å². The number of rotatable bonds is 1. The Morgan fingerprint density at radius 2 is 1.93 bits per heavy atom. The van der Waals surface area contributed by atoms with Crippen molar-refractivity contribution in [3.05, 3.63) is 24.3 Å². The number of likely N-dealkylation sites (N-methyl/N-ethyl adjacent to an activating group) is 1. The average molecular weight is 190 g/mol. The summed E-state index contributed by atoms with van der Waals surface area (Å²) in [5, 5.41) is 6.14. The average Bonchev–Trinajstić information content (AvgIpc) is 2.21. The molecule has 0 bridgehead atoms. The van der Waals surface area contributed by atoms with Crippen LogP contribution in [0.5, 0.6) is 0 Å². The smallest absolute Gasteiger partial charge is 0.115 e. The number of nitrogen functional groups attached to an aromatic ring is 1. The highest BCUT2D eigenvalue weighted by Gasteiger charge is 2.08. The van der Waals surface area contributed by atoms with Gasteiger partial charge in [0, 0.05) is 25.0 Å². The Balaban J connectivity index is 2.16. The predicted octanol–water partition coefficient (Wildman–Crippen LogP) is 0.964. The van der Waals surface area contributed by atoms with Crippen LogP contribution in [0.1, 0.15) is 0 Å². The molecule has 4 heteroatoms. The van der Waals surface area contributed by atoms with Crippen molar-refractivity contribution in [2.75, 3.05) is 30.8 Å². The molecule has 0 saturated carbocycles. The van der Waals surface area contributed by atoms with E-state index in [-0.39, 0.29) is 0 Å². The first-order valence-electron chi connectivity index (χ1n) is 4.63. The van der Waals surface area contributed by atoms with Gasteiger partial charge in [0.15, 0.2) is 0 Å². The fourth-order valence-electron chi connectivity index (χ4n) is 1.38. The van der Waals surface area contributed by atoms with Gasteiger partial charge < -0.3 is 10.6 Å². The Kier molecular flexibility index (Phi) is 2.26. The van der Waals surface area contributed by atoms with Crippen molar-refractivity contribution in [1.29, 1.82) is 0 Å². The molecule has 0 aliphatic carbocycles. The van der Waals surface area contributed by atoms with E-state index >= 15 is 0 Å². The lowest BCUT2D eigenvalue weighted by Gasteiger charge is -2.27. The van der Waals surface area contributed by atoms with Gasteiger partial charge in [-0.05, 0) is 24.3 Å². The quantitative estimate of drug-likeness (QED) is 0.671. The second-order valence-corrected chi connectivity index (χ2v) is 3.40. The van der Waals surface area contributed by atoms with Crippen LogP contribution < -0.4 is 10.6 Å². The topological polar surface area (TPSA) is 44.9 Å². The molecule has 0 radical (unpaired) electrons. The standard InChI is InChI=1S/C10H14N4/c1-13-6-7-14(8-12-13)10-4-2-9(11)3-5-10/h2-5,8H,6-7,11H2,1H3. The molecule has 74 valence electrons. The molecule has 1 aromatic carbocycles. The first-order valence-corrected chi connectivity index (χ1v) is 4.63. The van der Waals surface area contributed by atoms with Gasteiger partial charge in [0.05, 0.1) is 6.54 Å². The van der Waals surface area contributed by atoms with Crippen molar-refractivity contribution >= 4 is 17.7 Å². The van der Waals surface area contributed by atoms with Crippen molar-refractivity contribution < 1.29 is 0 Å². The zero-order valence-electron chi connectivity index (χ0n) is 8.22. The van der Waals surface area contributed by atoms with Gasteiger partial charge in [0.1, 0.15) is 6.34 Å². The number of nitrogens with two attached hydrogens (primary N) is 1. The number of hydrogen-bond donors (Lipinski definition) is 1. The molecule has 0 spiro atoms. The third-order valence-electron chi connectivity index (χ3n) is 2.28. The third kappa shape index (κ3) is 1.79. The molecular weight excluding hydrogens is 176 g/mol. The fourth-order valence-corrected chi connectivity index (χ4v) is 1.38. The summed E-state index contributed by atoms with van der Waals surface area (Å²) in [6.45, 7) is 1.91. The van der Waals surface area contributed by atoms with E-state index in [9.17, 15) is 0 Å². The maximum atomic E-state index is 5.62. The Labute approximate surface area is 83.6 Å². The van der Waals surface area contributed by atoms with Crippen molar-refractivity contribution in [2.24, 2.45) is 5.10 Å². The summed E-state index contributed by atoms with van der Waals surface area (Å²) >= 11 is 0. The SMILES string of the molecule is CN1CCN(c2ccc(N)cc2)C=N1. The minimum atomic E-state index is 0.791. The number of hydrogen-bond acceptors (Lipinski definition) is 4. The van der Waals surface area contributed by atoms with Gasteiger partial charge >= 0.3 is 0 Å². The molecule has 0 aromatic heterocycles. The summed E-state index contributed by atoms with van der Waals surface area (Å²) in [5.41, 5.74) is 7.54. The molecule has 2 N–H and O–H groups in total. The summed E-state index contributed by atoms with van der Waals surface area (Å²) in [5.74, 6) is 0. The van der Waals surface area contributed by atoms with Crippen LogP contribution in [-0.4, -0.2) is 31.5 Å². The van der Waals surface area contributed by atoms with Crippen molar-refractivity contribution in [3.63, 3.8) is 0 Å². The molecule has 4 nitrogen and oxygen atoms in total. The van der Waals surface area contributed by atoms with E-state index in [2.05, 4.69) is 10.0 Å². The molecule has 0 amide bonds. The highest BCUT2D eigenvalue weighted by atomic mass is 15.5. The Morgan fingerprint density at radius 1 is 1.21 bits per heavy atom. The first kappa shape index (κ1) is 8.87. The molecular formula is C10H14N4. The zero-order chi connectivity index (χ0) is 9.97. The molecule has 1 aliphatic heterocycles. The molecule has 1 heterocycles. The molecule has 0 fully saturated rings. The van der Waals surface area contributed by atoms with Gasteiger partial charge in [-0.15, -0.1) is 0 Å². The lowest BCUT2D eigenvalue weighted by molar-refractivity contribution is 0.353. The van der Waals surface area contributed by atoms with Gasteiger partial charge in [0.2, 0.25) is 0 Å². The molecule has 0 saturated heterocycles. The van der Waals surface area contributed by atoms with Crippen LogP contribution in [0, 0.1) is 0 Å². The van der Waals surface area contributed by atoms with Gasteiger partial charge in [-0.1, -0.05) is 0 Å². The molecule has 1 aliphatic rings. The maximum Gasteiger partial charge on any atom is 0.115 e. The highest BCUT2D eigenvalue weighted by Crippen LogP contribution is 2.16. The summed E-state index contributed by atoms with van der Waals surface area (Å²) in [6, 6.07) is 7.82. The predicted molar refractivity (Wildman–Crippen MR) is 59.3 cm³/mol. The van der Waals surface area contributed by atoms with E-state index in [0.717, 1.165) is 24.5 Å². The van der Waals surface area contributed by atoms with Crippen LogP contribution in [-0.2, 0) is 0 Å². The van der Waals surface area contributed by atoms with Crippen LogP contribution >= 0.6 is 0 Å². The van der Waals surface area contributed by atoms with Gasteiger partial charge in [-0.2, -0.15) is 5.10 Å². The second-order valence-electron chi connectivity index (χ2n) is 3.40. The number of nitrogens with zero attached hydrogens (tertiary/aromatic N) is 3. The highest BCUT2D eigenvalue weighted by molar-refractivity contribution is 5.79. The van der Waals surface area contributed by atoms with E-state index in [4.69, 9.17) is 5.73 Å². The van der Waals surface area contributed by atoms with Crippen LogP contribution in [0.3, 0.4) is 0 Å². The van der Waals surface area contributed by atoms with Crippen LogP contribution in [0.4, 0.5) is 11.4 Å². The van der Waals surface area contributed by atoms with Crippen molar-refractivity contribution in [3.8, 4) is 0 Å². The van der Waals surface area contributed by atoms with Gasteiger partial charge in [-0.25, -0.2) is 0 Å². The van der Waals surface area contributed by atoms with E-state index in [1.54, 1.807) is 0 Å². The Hall–Kier alpha value is -1.71. The molecule has 0 atom stereocenters. The Bertz CT molecular complexity index is 330. The van der Waals surface area contributed by atoms with E-state index in [1.807, 2.05) is 42.7 Å². The largest absolute Gasteiger partial charge is 0.399 e. The Morgan fingerprint density at radius 3 is 2.50 bits per heavy atom. The second kappa shape index (κ2) is 3.57. The normalized spacial score (nSPS) is 16.1. The minimum absolute atomic E-state index is 0.791. The third-order valence-corrected chi connectivity index (χ3v) is 2.28. The summed E-state index contributed by atoms with van der Waals surface area (Å²) < 4.78 is 0. The zero-order valence-corrected chi connectivity index (χ0v) is 8.22. The van der Waals surface area contributed by atoms with Crippen molar-refractivity contribution in [1.82, 2.24) is 5.01 Å².